The van der Waals surface area contributed by atoms with Crippen molar-refractivity contribution in [2.45, 2.75) is 39.7 Å². The third kappa shape index (κ3) is 5.30. The van der Waals surface area contributed by atoms with Crippen molar-refractivity contribution in [3.8, 4) is 0 Å². The minimum absolute atomic E-state index is 0.0230. The van der Waals surface area contributed by atoms with Gasteiger partial charge in [0.05, 0.1) is 12.0 Å². The summed E-state index contributed by atoms with van der Waals surface area (Å²) in [7, 11) is 0. The van der Waals surface area contributed by atoms with Crippen LogP contribution in [0.3, 0.4) is 0 Å². The van der Waals surface area contributed by atoms with Crippen LogP contribution in [0.1, 0.15) is 53.5 Å². The van der Waals surface area contributed by atoms with Gasteiger partial charge < -0.3 is 15.1 Å². The van der Waals surface area contributed by atoms with Gasteiger partial charge >= 0.3 is 0 Å². The molecule has 3 aromatic rings. The van der Waals surface area contributed by atoms with Gasteiger partial charge in [-0.2, -0.15) is 0 Å². The Labute approximate surface area is 210 Å². The lowest BCUT2D eigenvalue weighted by molar-refractivity contribution is -0.125. The molecule has 1 N–H and O–H groups in total. The van der Waals surface area contributed by atoms with E-state index in [1.54, 1.807) is 45.4 Å². The largest absolute Gasteiger partial charge is 0.339 e. The summed E-state index contributed by atoms with van der Waals surface area (Å²) in [6.07, 6.45) is 0.791. The number of nitrogens with zero attached hydrogens (tertiary/aromatic N) is 2. The second kappa shape index (κ2) is 10.9. The number of amides is 3. The fourth-order valence-electron chi connectivity index (χ4n) is 4.59. The SMILES string of the molecule is CCN(CC)C(=O)c1ccc(NC(=O)C2CCC(=O)N(c3ccc(C)cc3)C2c2cccs2)cc1. The van der Waals surface area contributed by atoms with Crippen molar-refractivity contribution >= 4 is 40.4 Å². The first-order chi connectivity index (χ1) is 16.9. The van der Waals surface area contributed by atoms with Crippen LogP contribution in [0.5, 0.6) is 0 Å². The number of nitrogens with one attached hydrogen (secondary N) is 1. The van der Waals surface area contributed by atoms with Crippen LogP contribution in [0.25, 0.3) is 0 Å². The lowest BCUT2D eigenvalue weighted by atomic mass is 9.86. The third-order valence-corrected chi connectivity index (χ3v) is 7.47. The minimum Gasteiger partial charge on any atom is -0.339 e. The average molecular weight is 490 g/mol. The number of anilines is 2. The molecule has 2 unspecified atom stereocenters. The van der Waals surface area contributed by atoms with Crippen LogP contribution < -0.4 is 10.2 Å². The maximum atomic E-state index is 13.5. The van der Waals surface area contributed by atoms with Crippen molar-refractivity contribution in [3.63, 3.8) is 0 Å². The summed E-state index contributed by atoms with van der Waals surface area (Å²) in [5, 5.41) is 5.00. The predicted octanol–water partition coefficient (Wildman–Crippen LogP) is 5.66. The van der Waals surface area contributed by atoms with Crippen molar-refractivity contribution < 1.29 is 14.4 Å². The number of thiophene rings is 1. The normalized spacial score (nSPS) is 17.8. The van der Waals surface area contributed by atoms with E-state index in [0.29, 0.717) is 37.2 Å². The molecule has 7 heteroatoms. The Kier molecular flexibility index (Phi) is 7.66. The molecule has 2 atom stereocenters. The molecule has 1 aliphatic rings. The van der Waals surface area contributed by atoms with Gasteiger partial charge in [0.15, 0.2) is 0 Å². The van der Waals surface area contributed by atoms with Gasteiger partial charge in [-0.1, -0.05) is 23.8 Å². The summed E-state index contributed by atoms with van der Waals surface area (Å²) in [6.45, 7) is 7.21. The number of carbonyl (C=O) groups excluding carboxylic acids is 3. The van der Waals surface area contributed by atoms with Crippen LogP contribution in [-0.4, -0.2) is 35.7 Å². The van der Waals surface area contributed by atoms with Gasteiger partial charge in [-0.15, -0.1) is 11.3 Å². The van der Waals surface area contributed by atoms with Crippen LogP contribution >= 0.6 is 11.3 Å². The van der Waals surface area contributed by atoms with E-state index < -0.39 is 5.92 Å². The summed E-state index contributed by atoms with van der Waals surface area (Å²) in [5.41, 5.74) is 3.14. The maximum Gasteiger partial charge on any atom is 0.253 e. The first kappa shape index (κ1) is 24.7. The molecule has 0 bridgehead atoms. The van der Waals surface area contributed by atoms with Crippen LogP contribution in [0, 0.1) is 12.8 Å². The lowest BCUT2D eigenvalue weighted by Crippen LogP contribution is -2.46. The van der Waals surface area contributed by atoms with E-state index in [-0.39, 0.29) is 23.8 Å². The van der Waals surface area contributed by atoms with Crippen molar-refractivity contribution in [2.24, 2.45) is 5.92 Å². The summed E-state index contributed by atoms with van der Waals surface area (Å²) < 4.78 is 0. The van der Waals surface area contributed by atoms with Gasteiger partial charge in [-0.3, -0.25) is 14.4 Å². The summed E-state index contributed by atoms with van der Waals surface area (Å²) in [6, 6.07) is 18.4. The number of aryl methyl sites for hydroxylation is 1. The maximum absolute atomic E-state index is 13.5. The number of carbonyl (C=O) groups is 3. The number of hydrogen-bond acceptors (Lipinski definition) is 4. The second-order valence-corrected chi connectivity index (χ2v) is 9.73. The highest BCUT2D eigenvalue weighted by atomic mass is 32.1. The lowest BCUT2D eigenvalue weighted by Gasteiger charge is -2.40. The van der Waals surface area contributed by atoms with E-state index in [4.69, 9.17) is 0 Å². The van der Waals surface area contributed by atoms with Crippen LogP contribution in [0.2, 0.25) is 0 Å². The Morgan fingerprint density at radius 2 is 1.71 bits per heavy atom. The Hall–Kier alpha value is -3.45. The molecule has 182 valence electrons. The molecule has 35 heavy (non-hydrogen) atoms. The van der Waals surface area contributed by atoms with Gasteiger partial charge in [-0.05, 0) is 75.0 Å². The molecule has 6 nitrogen and oxygen atoms in total. The molecule has 2 heterocycles. The quantitative estimate of drug-likeness (QED) is 0.465. The number of rotatable bonds is 7. The second-order valence-electron chi connectivity index (χ2n) is 8.75. The summed E-state index contributed by atoms with van der Waals surface area (Å²) in [5.74, 6) is -0.527. The Bertz CT molecular complexity index is 1170. The minimum atomic E-state index is -0.398. The Morgan fingerprint density at radius 1 is 1.03 bits per heavy atom. The average Bonchev–Trinajstić information content (AvgIpc) is 3.40. The highest BCUT2D eigenvalue weighted by Gasteiger charge is 2.42. The first-order valence-corrected chi connectivity index (χ1v) is 12.9. The molecule has 2 aromatic carbocycles. The molecule has 1 aliphatic heterocycles. The molecular weight excluding hydrogens is 458 g/mol. The zero-order chi connectivity index (χ0) is 24.9. The third-order valence-electron chi connectivity index (χ3n) is 6.53. The highest BCUT2D eigenvalue weighted by Crippen LogP contribution is 2.42. The Balaban J connectivity index is 1.58. The molecule has 0 aliphatic carbocycles. The van der Waals surface area contributed by atoms with Crippen molar-refractivity contribution in [3.05, 3.63) is 82.0 Å². The topological polar surface area (TPSA) is 69.7 Å². The molecule has 1 fully saturated rings. The number of piperidine rings is 1. The van der Waals surface area contributed by atoms with Crippen molar-refractivity contribution in [2.75, 3.05) is 23.3 Å². The molecule has 1 aromatic heterocycles. The fraction of sp³-hybridized carbons (Fsp3) is 0.321. The van der Waals surface area contributed by atoms with Crippen molar-refractivity contribution in [1.82, 2.24) is 4.90 Å². The van der Waals surface area contributed by atoms with Crippen LogP contribution in [0.15, 0.2) is 66.0 Å². The van der Waals surface area contributed by atoms with Gasteiger partial charge in [-0.25, -0.2) is 0 Å². The molecule has 0 spiro atoms. The van der Waals surface area contributed by atoms with Crippen LogP contribution in [0.4, 0.5) is 11.4 Å². The monoisotopic (exact) mass is 489 g/mol. The van der Waals surface area contributed by atoms with Gasteiger partial charge in [0, 0.05) is 41.3 Å². The standard InChI is InChI=1S/C28H31N3O3S/c1-4-30(5-2)28(34)20-10-12-21(13-11-20)29-27(33)23-16-17-25(32)31(22-14-8-19(3)9-15-22)26(23)24-7-6-18-35-24/h6-15,18,23,26H,4-5,16-17H2,1-3H3,(H,29,33). The van der Waals surface area contributed by atoms with Gasteiger partial charge in [0.25, 0.3) is 5.91 Å². The Morgan fingerprint density at radius 3 is 2.31 bits per heavy atom. The van der Waals surface area contributed by atoms with E-state index in [1.807, 2.05) is 62.5 Å². The van der Waals surface area contributed by atoms with E-state index in [0.717, 1.165) is 16.1 Å². The van der Waals surface area contributed by atoms with Crippen LogP contribution in [-0.2, 0) is 9.59 Å². The predicted molar refractivity (Wildman–Crippen MR) is 141 cm³/mol. The summed E-state index contributed by atoms with van der Waals surface area (Å²) in [4.78, 5) is 43.7. The number of hydrogen-bond donors (Lipinski definition) is 1. The molecule has 4 rings (SSSR count). The molecular formula is C28H31N3O3S. The van der Waals surface area contributed by atoms with Gasteiger partial charge in [0.2, 0.25) is 11.8 Å². The molecule has 0 saturated carbocycles. The first-order valence-electron chi connectivity index (χ1n) is 12.0. The molecule has 1 saturated heterocycles. The fourth-order valence-corrected chi connectivity index (χ4v) is 5.47. The highest BCUT2D eigenvalue weighted by molar-refractivity contribution is 7.10. The molecule has 0 radical (unpaired) electrons. The zero-order valence-electron chi connectivity index (χ0n) is 20.4. The van der Waals surface area contributed by atoms with Crippen molar-refractivity contribution in [1.29, 1.82) is 0 Å². The molecule has 3 amide bonds. The van der Waals surface area contributed by atoms with Gasteiger partial charge in [0.1, 0.15) is 0 Å². The zero-order valence-corrected chi connectivity index (χ0v) is 21.2. The smallest absolute Gasteiger partial charge is 0.253 e. The summed E-state index contributed by atoms with van der Waals surface area (Å²) >= 11 is 1.56. The van der Waals surface area contributed by atoms with E-state index in [1.165, 1.54) is 0 Å². The van der Waals surface area contributed by atoms with E-state index in [9.17, 15) is 14.4 Å². The van der Waals surface area contributed by atoms with E-state index in [2.05, 4.69) is 5.32 Å². The number of benzene rings is 2. The van der Waals surface area contributed by atoms with E-state index >= 15 is 0 Å².